The van der Waals surface area contributed by atoms with Crippen LogP contribution in [0, 0.1) is 10.1 Å². The van der Waals surface area contributed by atoms with E-state index in [1.165, 1.54) is 0 Å². The average molecular weight is 268 g/mol. The molecule has 0 aromatic heterocycles. The average Bonchev–Trinajstić information content (AvgIpc) is 2.36. The van der Waals surface area contributed by atoms with Gasteiger partial charge in [-0.15, -0.1) is 0 Å². The zero-order valence-corrected chi connectivity index (χ0v) is 9.72. The maximum Gasteiger partial charge on any atom is 0.270 e. The van der Waals surface area contributed by atoms with Gasteiger partial charge in [0, 0.05) is 17.7 Å². The summed E-state index contributed by atoms with van der Waals surface area (Å²) in [6, 6.07) is 3.21. The van der Waals surface area contributed by atoms with Crippen LogP contribution in [0.3, 0.4) is 0 Å². The van der Waals surface area contributed by atoms with Crippen LogP contribution in [-0.4, -0.2) is 33.4 Å². The van der Waals surface area contributed by atoms with Crippen molar-refractivity contribution >= 4 is 17.9 Å². The number of aliphatic hydroxyl groups excluding tert-OH is 2. The van der Waals surface area contributed by atoms with Crippen LogP contribution in [0.1, 0.15) is 28.4 Å². The van der Waals surface area contributed by atoms with Crippen molar-refractivity contribution in [1.82, 2.24) is 0 Å². The summed E-state index contributed by atoms with van der Waals surface area (Å²) in [6.07, 6.45) is -3.19. The molecule has 0 saturated carbocycles. The number of benzene rings is 1. The van der Waals surface area contributed by atoms with Crippen LogP contribution < -0.4 is 5.73 Å². The highest BCUT2D eigenvalue weighted by atomic mass is 16.6. The van der Waals surface area contributed by atoms with E-state index in [1.54, 1.807) is 0 Å². The fourth-order valence-corrected chi connectivity index (χ4v) is 1.57. The summed E-state index contributed by atoms with van der Waals surface area (Å²) in [6.45, 7) is 0. The Balaban J connectivity index is 3.09. The number of nitro groups is 1. The number of rotatable bonds is 6. The molecule has 0 heterocycles. The molecular weight excluding hydrogens is 256 g/mol. The Morgan fingerprint density at radius 2 is 2.11 bits per heavy atom. The Labute approximate surface area is 107 Å². The Morgan fingerprint density at radius 1 is 1.47 bits per heavy atom. The molecule has 0 spiro atoms. The number of nitro benzene ring substituents is 1. The summed E-state index contributed by atoms with van der Waals surface area (Å²) in [5.74, 6) is -0.818. The van der Waals surface area contributed by atoms with E-state index in [4.69, 9.17) is 5.73 Å². The largest absolute Gasteiger partial charge is 0.390 e. The second-order valence-corrected chi connectivity index (χ2v) is 3.87. The number of nitrogens with two attached hydrogens (primary N) is 1. The molecule has 102 valence electrons. The Morgan fingerprint density at radius 3 is 2.58 bits per heavy atom. The van der Waals surface area contributed by atoms with Crippen molar-refractivity contribution in [2.45, 2.75) is 18.6 Å². The number of aliphatic hydroxyl groups is 2. The molecule has 0 saturated heterocycles. The van der Waals surface area contributed by atoms with Gasteiger partial charge in [0.1, 0.15) is 6.10 Å². The fraction of sp³-hybridized carbons (Fsp3) is 0.273. The van der Waals surface area contributed by atoms with Crippen LogP contribution in [0.4, 0.5) is 5.69 Å². The van der Waals surface area contributed by atoms with Crippen molar-refractivity contribution in [3.05, 3.63) is 39.4 Å². The standard InChI is InChI=1S/C11H12N2O6/c12-10(16)4-9(15)11(17)8-2-1-7(13(18)19)3-6(8)5-14/h1-3,5,9,11,15,17H,4H2,(H2,12,16). The first-order valence-corrected chi connectivity index (χ1v) is 5.24. The van der Waals surface area contributed by atoms with E-state index in [2.05, 4.69) is 0 Å². The van der Waals surface area contributed by atoms with E-state index >= 15 is 0 Å². The quantitative estimate of drug-likeness (QED) is 0.366. The summed E-state index contributed by atoms with van der Waals surface area (Å²) < 4.78 is 0. The predicted octanol–water partition coefficient (Wildman–Crippen LogP) is -0.323. The molecule has 1 rings (SSSR count). The minimum atomic E-state index is -1.53. The van der Waals surface area contributed by atoms with Crippen LogP contribution in [-0.2, 0) is 4.79 Å². The normalized spacial score (nSPS) is 13.6. The lowest BCUT2D eigenvalue weighted by atomic mass is 9.97. The minimum absolute atomic E-state index is 0.00523. The Kier molecular flexibility index (Phi) is 4.67. The molecule has 8 nitrogen and oxygen atoms in total. The van der Waals surface area contributed by atoms with Crippen molar-refractivity contribution in [2.24, 2.45) is 5.73 Å². The molecule has 0 radical (unpaired) electrons. The van der Waals surface area contributed by atoms with Crippen molar-refractivity contribution in [3.63, 3.8) is 0 Å². The van der Waals surface area contributed by atoms with Gasteiger partial charge in [0.15, 0.2) is 6.29 Å². The Hall–Kier alpha value is -2.32. The number of carbonyl (C=O) groups excluding carboxylic acids is 2. The van der Waals surface area contributed by atoms with Crippen LogP contribution in [0.2, 0.25) is 0 Å². The summed E-state index contributed by atoms with van der Waals surface area (Å²) in [4.78, 5) is 31.3. The van der Waals surface area contributed by atoms with Crippen LogP contribution in [0.25, 0.3) is 0 Å². The maximum atomic E-state index is 10.8. The first-order chi connectivity index (χ1) is 8.86. The van der Waals surface area contributed by atoms with Gasteiger partial charge in [0.05, 0.1) is 17.4 Å². The number of aldehydes is 1. The molecule has 0 bridgehead atoms. The predicted molar refractivity (Wildman–Crippen MR) is 63.3 cm³/mol. The highest BCUT2D eigenvalue weighted by Crippen LogP contribution is 2.25. The van der Waals surface area contributed by atoms with Gasteiger partial charge in [-0.1, -0.05) is 0 Å². The maximum absolute atomic E-state index is 10.8. The molecule has 2 unspecified atom stereocenters. The number of hydrogen-bond donors (Lipinski definition) is 3. The van der Waals surface area contributed by atoms with E-state index in [9.17, 15) is 29.9 Å². The van der Waals surface area contributed by atoms with E-state index in [0.29, 0.717) is 6.29 Å². The van der Waals surface area contributed by atoms with Crippen LogP contribution >= 0.6 is 0 Å². The third kappa shape index (κ3) is 3.57. The van der Waals surface area contributed by atoms with E-state index in [1.807, 2.05) is 0 Å². The van der Waals surface area contributed by atoms with E-state index in [-0.39, 0.29) is 16.8 Å². The van der Waals surface area contributed by atoms with Gasteiger partial charge in [0.2, 0.25) is 5.91 Å². The smallest absolute Gasteiger partial charge is 0.270 e. The Bertz CT molecular complexity index is 516. The number of nitrogens with zero attached hydrogens (tertiary/aromatic N) is 1. The van der Waals surface area contributed by atoms with Gasteiger partial charge < -0.3 is 15.9 Å². The highest BCUT2D eigenvalue weighted by molar-refractivity contribution is 5.79. The summed E-state index contributed by atoms with van der Waals surface area (Å²) in [5.41, 5.74) is 4.42. The zero-order chi connectivity index (χ0) is 14.6. The number of primary amides is 1. The molecular formula is C11H12N2O6. The molecule has 8 heteroatoms. The number of non-ortho nitro benzene ring substituents is 1. The molecule has 4 N–H and O–H groups in total. The van der Waals surface area contributed by atoms with Gasteiger partial charge in [-0.3, -0.25) is 19.7 Å². The minimum Gasteiger partial charge on any atom is -0.390 e. The molecule has 1 aromatic rings. The number of amides is 1. The fourth-order valence-electron chi connectivity index (χ4n) is 1.57. The summed E-state index contributed by atoms with van der Waals surface area (Å²) >= 11 is 0. The zero-order valence-electron chi connectivity index (χ0n) is 9.72. The van der Waals surface area contributed by atoms with E-state index < -0.39 is 29.5 Å². The molecule has 0 aliphatic heterocycles. The van der Waals surface area contributed by atoms with Crippen LogP contribution in [0.15, 0.2) is 18.2 Å². The van der Waals surface area contributed by atoms with Crippen molar-refractivity contribution in [2.75, 3.05) is 0 Å². The number of hydrogen-bond acceptors (Lipinski definition) is 6. The number of carbonyl (C=O) groups is 2. The molecule has 2 atom stereocenters. The van der Waals surface area contributed by atoms with E-state index in [0.717, 1.165) is 18.2 Å². The first kappa shape index (κ1) is 14.7. The third-order valence-corrected chi connectivity index (χ3v) is 2.50. The summed E-state index contributed by atoms with van der Waals surface area (Å²) in [7, 11) is 0. The first-order valence-electron chi connectivity index (χ1n) is 5.24. The lowest BCUT2D eigenvalue weighted by Gasteiger charge is -2.18. The molecule has 0 aliphatic rings. The van der Waals surface area contributed by atoms with Gasteiger partial charge in [-0.2, -0.15) is 0 Å². The molecule has 0 fully saturated rings. The van der Waals surface area contributed by atoms with Gasteiger partial charge in [0.25, 0.3) is 5.69 Å². The van der Waals surface area contributed by atoms with Gasteiger partial charge in [-0.05, 0) is 11.6 Å². The topological polar surface area (TPSA) is 144 Å². The van der Waals surface area contributed by atoms with Crippen molar-refractivity contribution < 1.29 is 24.7 Å². The molecule has 19 heavy (non-hydrogen) atoms. The summed E-state index contributed by atoms with van der Waals surface area (Å²) in [5, 5.41) is 29.9. The second kappa shape index (κ2) is 6.03. The second-order valence-electron chi connectivity index (χ2n) is 3.87. The van der Waals surface area contributed by atoms with Crippen LogP contribution in [0.5, 0.6) is 0 Å². The van der Waals surface area contributed by atoms with Crippen molar-refractivity contribution in [1.29, 1.82) is 0 Å². The molecule has 1 aromatic carbocycles. The van der Waals surface area contributed by atoms with Gasteiger partial charge in [-0.25, -0.2) is 0 Å². The SMILES string of the molecule is NC(=O)CC(O)C(O)c1ccc([N+](=O)[O-])cc1C=O. The molecule has 1 amide bonds. The monoisotopic (exact) mass is 268 g/mol. The lowest BCUT2D eigenvalue weighted by Crippen LogP contribution is -2.26. The highest BCUT2D eigenvalue weighted by Gasteiger charge is 2.24. The van der Waals surface area contributed by atoms with Crippen molar-refractivity contribution in [3.8, 4) is 0 Å². The van der Waals surface area contributed by atoms with Gasteiger partial charge >= 0.3 is 0 Å². The third-order valence-electron chi connectivity index (χ3n) is 2.50. The lowest BCUT2D eigenvalue weighted by molar-refractivity contribution is -0.384. The molecule has 0 aliphatic carbocycles.